The lowest BCUT2D eigenvalue weighted by molar-refractivity contribution is -0.134. The Labute approximate surface area is 188 Å². The molecule has 162 valence electrons. The molecule has 32 heavy (non-hydrogen) atoms. The van der Waals surface area contributed by atoms with Gasteiger partial charge in [0.05, 0.1) is 11.6 Å². The van der Waals surface area contributed by atoms with Gasteiger partial charge in [0, 0.05) is 31.1 Å². The summed E-state index contributed by atoms with van der Waals surface area (Å²) in [6.07, 6.45) is 2.93. The first kappa shape index (κ1) is 20.2. The van der Waals surface area contributed by atoms with E-state index in [0.29, 0.717) is 37.8 Å². The van der Waals surface area contributed by atoms with E-state index in [1.54, 1.807) is 33.3 Å². The van der Waals surface area contributed by atoms with Crippen LogP contribution in [0.5, 0.6) is 5.88 Å². The van der Waals surface area contributed by atoms with E-state index in [0.717, 1.165) is 20.7 Å². The molecule has 0 atom stereocenters. The number of carbonyl (C=O) groups is 2. The van der Waals surface area contributed by atoms with Crippen LogP contribution in [0.25, 0.3) is 20.7 Å². The Bertz CT molecular complexity index is 1230. The van der Waals surface area contributed by atoms with Gasteiger partial charge in [0.15, 0.2) is 12.4 Å². The van der Waals surface area contributed by atoms with Crippen molar-refractivity contribution in [2.75, 3.05) is 32.8 Å². The lowest BCUT2D eigenvalue weighted by Gasteiger charge is -2.34. The topological polar surface area (TPSA) is 88.8 Å². The molecule has 1 aliphatic rings. The van der Waals surface area contributed by atoms with Crippen LogP contribution in [0.3, 0.4) is 0 Å². The van der Waals surface area contributed by atoms with Gasteiger partial charge in [-0.05, 0) is 23.8 Å². The highest BCUT2D eigenvalue weighted by Crippen LogP contribution is 2.35. The fourth-order valence-corrected chi connectivity index (χ4v) is 4.62. The van der Waals surface area contributed by atoms with Gasteiger partial charge in [0.1, 0.15) is 11.2 Å². The van der Waals surface area contributed by atoms with Gasteiger partial charge < -0.3 is 19.0 Å². The van der Waals surface area contributed by atoms with E-state index in [1.807, 2.05) is 36.4 Å². The van der Waals surface area contributed by atoms with E-state index in [4.69, 9.17) is 9.15 Å². The summed E-state index contributed by atoms with van der Waals surface area (Å²) in [5, 5.41) is 0.790. The summed E-state index contributed by atoms with van der Waals surface area (Å²) in [6, 6.07) is 15.4. The molecule has 1 saturated heterocycles. The first-order valence-corrected chi connectivity index (χ1v) is 11.0. The van der Waals surface area contributed by atoms with Gasteiger partial charge in [-0.2, -0.15) is 0 Å². The highest BCUT2D eigenvalue weighted by atomic mass is 32.1. The summed E-state index contributed by atoms with van der Waals surface area (Å²) < 4.78 is 11.0. The summed E-state index contributed by atoms with van der Waals surface area (Å²) in [5.74, 6) is 0.411. The van der Waals surface area contributed by atoms with Gasteiger partial charge in [-0.3, -0.25) is 9.59 Å². The van der Waals surface area contributed by atoms with Crippen molar-refractivity contribution in [3.05, 3.63) is 66.9 Å². The Balaban J connectivity index is 1.21. The van der Waals surface area contributed by atoms with E-state index in [1.165, 1.54) is 12.6 Å². The molecule has 8 nitrogen and oxygen atoms in total. The second-order valence-electron chi connectivity index (χ2n) is 7.31. The Morgan fingerprint density at radius 3 is 2.53 bits per heavy atom. The largest absolute Gasteiger partial charge is 0.467 e. The average molecular weight is 449 g/mol. The average Bonchev–Trinajstić information content (AvgIpc) is 3.53. The van der Waals surface area contributed by atoms with Crippen molar-refractivity contribution in [1.82, 2.24) is 19.8 Å². The predicted octanol–water partition coefficient (Wildman–Crippen LogP) is 3.31. The molecule has 9 heteroatoms. The van der Waals surface area contributed by atoms with E-state index < -0.39 is 0 Å². The first-order chi connectivity index (χ1) is 15.7. The summed E-state index contributed by atoms with van der Waals surface area (Å²) in [6.45, 7) is 1.69. The van der Waals surface area contributed by atoms with Crippen molar-refractivity contribution in [1.29, 1.82) is 0 Å². The third-order valence-electron chi connectivity index (χ3n) is 5.34. The molecule has 0 spiro atoms. The summed E-state index contributed by atoms with van der Waals surface area (Å²) in [4.78, 5) is 38.9. The van der Waals surface area contributed by atoms with E-state index in [2.05, 4.69) is 9.97 Å². The van der Waals surface area contributed by atoms with Crippen LogP contribution in [-0.4, -0.2) is 64.4 Å². The normalized spacial score (nSPS) is 14.0. The minimum Gasteiger partial charge on any atom is -0.467 e. The lowest BCUT2D eigenvalue weighted by Crippen LogP contribution is -2.51. The zero-order valence-corrected chi connectivity index (χ0v) is 18.0. The third kappa shape index (κ3) is 4.06. The Morgan fingerprint density at radius 2 is 1.78 bits per heavy atom. The molecule has 5 rings (SSSR count). The molecule has 0 aliphatic carbocycles. The number of carbonyl (C=O) groups excluding carboxylic acids is 2. The van der Waals surface area contributed by atoms with Gasteiger partial charge in [-0.1, -0.05) is 30.3 Å². The zero-order valence-electron chi connectivity index (χ0n) is 17.1. The Kier molecular flexibility index (Phi) is 5.55. The number of fused-ring (bicyclic) bond motifs is 1. The van der Waals surface area contributed by atoms with Crippen molar-refractivity contribution in [3.8, 4) is 16.3 Å². The van der Waals surface area contributed by atoms with Crippen LogP contribution >= 0.6 is 11.3 Å². The molecule has 4 aromatic rings. The number of aromatic nitrogens is 2. The molecule has 1 fully saturated rings. The highest BCUT2D eigenvalue weighted by molar-refractivity contribution is 7.21. The molecule has 3 aromatic heterocycles. The number of hydrogen-bond acceptors (Lipinski definition) is 7. The van der Waals surface area contributed by atoms with Crippen LogP contribution in [0.2, 0.25) is 0 Å². The number of furan rings is 1. The van der Waals surface area contributed by atoms with Crippen LogP contribution in [0.15, 0.2) is 65.5 Å². The van der Waals surface area contributed by atoms with Crippen molar-refractivity contribution in [3.63, 3.8) is 0 Å². The second-order valence-corrected chi connectivity index (χ2v) is 8.34. The molecule has 1 aromatic carbocycles. The van der Waals surface area contributed by atoms with Gasteiger partial charge in [-0.15, -0.1) is 11.3 Å². The number of hydrogen-bond donors (Lipinski definition) is 0. The predicted molar refractivity (Wildman–Crippen MR) is 120 cm³/mol. The molecular weight excluding hydrogens is 428 g/mol. The standard InChI is InChI=1S/C23H20N4O4S/c28-20(26-8-10-27(11-9-26)23(29)18-7-4-12-30-18)14-31-21-17-13-19(16-5-2-1-3-6-16)32-22(17)25-15-24-21/h1-7,12-13,15H,8-11,14H2. The van der Waals surface area contributed by atoms with Crippen molar-refractivity contribution >= 4 is 33.4 Å². The summed E-state index contributed by atoms with van der Waals surface area (Å²) >= 11 is 1.56. The first-order valence-electron chi connectivity index (χ1n) is 10.2. The fraction of sp³-hybridized carbons (Fsp3) is 0.217. The minimum absolute atomic E-state index is 0.116. The van der Waals surface area contributed by atoms with Crippen LogP contribution in [0.1, 0.15) is 10.6 Å². The quantitative estimate of drug-likeness (QED) is 0.465. The van der Waals surface area contributed by atoms with Gasteiger partial charge in [0.2, 0.25) is 5.88 Å². The van der Waals surface area contributed by atoms with Crippen molar-refractivity contribution in [2.24, 2.45) is 0 Å². The SMILES string of the molecule is O=C(COc1ncnc2sc(-c3ccccc3)cc12)N1CCN(C(=O)c2ccco2)CC1. The lowest BCUT2D eigenvalue weighted by atomic mass is 10.2. The van der Waals surface area contributed by atoms with Crippen LogP contribution < -0.4 is 4.74 Å². The molecule has 0 bridgehead atoms. The molecule has 0 unspecified atom stereocenters. The van der Waals surface area contributed by atoms with E-state index in [9.17, 15) is 9.59 Å². The van der Waals surface area contributed by atoms with Crippen LogP contribution in [0, 0.1) is 0 Å². The smallest absolute Gasteiger partial charge is 0.289 e. The van der Waals surface area contributed by atoms with E-state index >= 15 is 0 Å². The maximum absolute atomic E-state index is 12.7. The number of benzene rings is 1. The van der Waals surface area contributed by atoms with Gasteiger partial charge in [-0.25, -0.2) is 9.97 Å². The minimum atomic E-state index is -0.159. The van der Waals surface area contributed by atoms with Gasteiger partial charge >= 0.3 is 0 Å². The van der Waals surface area contributed by atoms with Crippen molar-refractivity contribution < 1.29 is 18.7 Å². The molecule has 0 radical (unpaired) electrons. The maximum atomic E-state index is 12.7. The number of thiophene rings is 1. The fourth-order valence-electron chi connectivity index (χ4n) is 3.63. The van der Waals surface area contributed by atoms with Crippen molar-refractivity contribution in [2.45, 2.75) is 0 Å². The number of rotatable bonds is 5. The number of ether oxygens (including phenoxy) is 1. The monoisotopic (exact) mass is 448 g/mol. The molecule has 4 heterocycles. The maximum Gasteiger partial charge on any atom is 0.289 e. The summed E-state index contributed by atoms with van der Waals surface area (Å²) in [5.41, 5.74) is 1.10. The highest BCUT2D eigenvalue weighted by Gasteiger charge is 2.26. The Hall–Kier alpha value is -3.72. The van der Waals surface area contributed by atoms with E-state index in [-0.39, 0.29) is 18.4 Å². The second kappa shape index (κ2) is 8.80. The molecular formula is C23H20N4O4S. The number of amides is 2. The molecule has 1 aliphatic heterocycles. The third-order valence-corrected chi connectivity index (χ3v) is 6.43. The van der Waals surface area contributed by atoms with Crippen LogP contribution in [0.4, 0.5) is 0 Å². The molecule has 0 N–H and O–H groups in total. The zero-order chi connectivity index (χ0) is 21.9. The number of nitrogens with zero attached hydrogens (tertiary/aromatic N) is 4. The number of piperazine rings is 1. The van der Waals surface area contributed by atoms with Crippen LogP contribution in [-0.2, 0) is 4.79 Å². The van der Waals surface area contributed by atoms with Gasteiger partial charge in [0.25, 0.3) is 11.8 Å². The summed E-state index contributed by atoms with van der Waals surface area (Å²) in [7, 11) is 0. The molecule has 0 saturated carbocycles. The molecule has 2 amide bonds. The Morgan fingerprint density at radius 1 is 1.00 bits per heavy atom.